The van der Waals surface area contributed by atoms with E-state index in [2.05, 4.69) is 0 Å². The molecular weight excluding hydrogens is 440 g/mol. The van der Waals surface area contributed by atoms with Crippen molar-refractivity contribution in [1.82, 2.24) is 0 Å². The van der Waals surface area contributed by atoms with E-state index in [0.717, 1.165) is 27.6 Å². The van der Waals surface area contributed by atoms with Crippen LogP contribution in [0.15, 0.2) is 65.9 Å². The highest BCUT2D eigenvalue weighted by molar-refractivity contribution is 6.27. The number of carbonyl (C=O) groups is 2. The molecule has 2 aliphatic heterocycles. The second-order valence-electron chi connectivity index (χ2n) is 10.7. The molecule has 3 aliphatic rings. The topological polar surface area (TPSA) is 72.8 Å². The molecule has 0 aromatic heterocycles. The van der Waals surface area contributed by atoms with Crippen molar-refractivity contribution in [3.8, 4) is 11.5 Å². The van der Waals surface area contributed by atoms with Crippen LogP contribution < -0.4 is 9.47 Å². The van der Waals surface area contributed by atoms with Gasteiger partial charge in [0.25, 0.3) is 0 Å². The van der Waals surface area contributed by atoms with Gasteiger partial charge in [-0.05, 0) is 40.2 Å². The fraction of sp³-hybridized carbons (Fsp3) is 0.267. The minimum Gasteiger partial charge on any atom is -0.482 e. The molecule has 1 N–H and O–H groups in total. The van der Waals surface area contributed by atoms with E-state index in [9.17, 15) is 14.7 Å². The molecule has 0 saturated carbocycles. The van der Waals surface area contributed by atoms with E-state index in [1.165, 1.54) is 0 Å². The summed E-state index contributed by atoms with van der Waals surface area (Å²) in [7, 11) is 0. The number of fused-ring (bicyclic) bond motifs is 7. The van der Waals surface area contributed by atoms with Crippen LogP contribution >= 0.6 is 0 Å². The summed E-state index contributed by atoms with van der Waals surface area (Å²) < 4.78 is 12.8. The molecule has 1 aliphatic carbocycles. The molecule has 176 valence electrons. The van der Waals surface area contributed by atoms with Crippen molar-refractivity contribution < 1.29 is 24.2 Å². The summed E-state index contributed by atoms with van der Waals surface area (Å²) in [5.41, 5.74) is 0.990. The monoisotopic (exact) mass is 466 g/mol. The average Bonchev–Trinajstić information content (AvgIpc) is 2.81. The Morgan fingerprint density at radius 2 is 1.51 bits per heavy atom. The van der Waals surface area contributed by atoms with Crippen LogP contribution in [0.3, 0.4) is 0 Å². The third-order valence-electron chi connectivity index (χ3n) is 6.93. The number of allylic oxidation sites excluding steroid dienone is 2. The molecule has 3 aromatic carbocycles. The third-order valence-corrected chi connectivity index (χ3v) is 6.93. The second-order valence-corrected chi connectivity index (χ2v) is 10.7. The van der Waals surface area contributed by atoms with Gasteiger partial charge in [-0.3, -0.25) is 9.59 Å². The molecule has 6 rings (SSSR count). The SMILES string of the molecule is CC(C)(O)C[C@@H]1C2=C(Oc3c1c1c(c4ccccc34)OC(C)(C)C=C1)C(=O)c1ccccc1C2=O. The molecule has 0 radical (unpaired) electrons. The summed E-state index contributed by atoms with van der Waals surface area (Å²) in [5, 5.41) is 12.6. The van der Waals surface area contributed by atoms with Crippen LogP contribution in [0.1, 0.15) is 71.9 Å². The lowest BCUT2D eigenvalue weighted by atomic mass is 9.72. The van der Waals surface area contributed by atoms with Gasteiger partial charge < -0.3 is 14.6 Å². The minimum absolute atomic E-state index is 0.0570. The first kappa shape index (κ1) is 21.8. The number of carbonyl (C=O) groups excluding carboxylic acids is 2. The van der Waals surface area contributed by atoms with Crippen molar-refractivity contribution in [2.75, 3.05) is 0 Å². The van der Waals surface area contributed by atoms with E-state index in [1.807, 2.05) is 50.3 Å². The molecule has 5 heteroatoms. The van der Waals surface area contributed by atoms with Crippen LogP contribution in [-0.4, -0.2) is 27.9 Å². The lowest BCUT2D eigenvalue weighted by molar-refractivity contribution is 0.0632. The van der Waals surface area contributed by atoms with Crippen molar-refractivity contribution in [3.05, 3.63) is 88.2 Å². The van der Waals surface area contributed by atoms with Gasteiger partial charge >= 0.3 is 0 Å². The van der Waals surface area contributed by atoms with Crippen molar-refractivity contribution in [3.63, 3.8) is 0 Å². The van der Waals surface area contributed by atoms with E-state index in [4.69, 9.17) is 9.47 Å². The summed E-state index contributed by atoms with van der Waals surface area (Å²) in [6.45, 7) is 7.42. The lowest BCUT2D eigenvalue weighted by Crippen LogP contribution is -2.35. The molecule has 0 saturated heterocycles. The smallest absolute Gasteiger partial charge is 0.229 e. The standard InChI is InChI=1S/C30H26O5/c1-29(2,33)15-21-22-20-13-14-30(3,4)35-26(20)18-11-7-8-12-19(18)27(22)34-28-23(21)24(31)16-9-5-6-10-17(16)25(28)32/h5-14,21,33H,15H2,1-4H3/t21-/m0/s1. The first-order chi connectivity index (χ1) is 16.6. The second kappa shape index (κ2) is 7.15. The first-order valence-electron chi connectivity index (χ1n) is 11.9. The largest absolute Gasteiger partial charge is 0.482 e. The number of ketones is 2. The van der Waals surface area contributed by atoms with Gasteiger partial charge in [0.05, 0.1) is 11.2 Å². The van der Waals surface area contributed by atoms with Crippen molar-refractivity contribution in [1.29, 1.82) is 0 Å². The molecule has 0 unspecified atom stereocenters. The Morgan fingerprint density at radius 1 is 0.914 bits per heavy atom. The van der Waals surface area contributed by atoms with Crippen molar-refractivity contribution in [2.24, 2.45) is 0 Å². The molecule has 3 aromatic rings. The fourth-order valence-corrected chi connectivity index (χ4v) is 5.47. The number of ether oxygens (including phenoxy) is 2. The van der Waals surface area contributed by atoms with Crippen LogP contribution in [-0.2, 0) is 0 Å². The predicted molar refractivity (Wildman–Crippen MR) is 134 cm³/mol. The highest BCUT2D eigenvalue weighted by Gasteiger charge is 2.46. The van der Waals surface area contributed by atoms with Gasteiger partial charge in [-0.15, -0.1) is 0 Å². The Morgan fingerprint density at radius 3 is 2.17 bits per heavy atom. The van der Waals surface area contributed by atoms with Crippen LogP contribution in [0.4, 0.5) is 0 Å². The maximum Gasteiger partial charge on any atom is 0.229 e. The summed E-state index contributed by atoms with van der Waals surface area (Å²) >= 11 is 0. The maximum absolute atomic E-state index is 13.8. The Labute approximate surface area is 203 Å². The van der Waals surface area contributed by atoms with Gasteiger partial charge in [0, 0.05) is 38.9 Å². The van der Waals surface area contributed by atoms with Crippen LogP contribution in [0, 0.1) is 0 Å². The normalized spacial score (nSPS) is 20.0. The minimum atomic E-state index is -1.10. The molecule has 5 nitrogen and oxygen atoms in total. The summed E-state index contributed by atoms with van der Waals surface area (Å²) in [6, 6.07) is 14.6. The Balaban J connectivity index is 1.69. The maximum atomic E-state index is 13.8. The molecule has 0 spiro atoms. The lowest BCUT2D eigenvalue weighted by Gasteiger charge is -2.38. The van der Waals surface area contributed by atoms with Crippen LogP contribution in [0.25, 0.3) is 16.8 Å². The van der Waals surface area contributed by atoms with Gasteiger partial charge in [-0.25, -0.2) is 0 Å². The number of hydrogen-bond acceptors (Lipinski definition) is 5. The van der Waals surface area contributed by atoms with E-state index in [1.54, 1.807) is 38.1 Å². The van der Waals surface area contributed by atoms with E-state index >= 15 is 0 Å². The van der Waals surface area contributed by atoms with Gasteiger partial charge in [-0.2, -0.15) is 0 Å². The van der Waals surface area contributed by atoms with Gasteiger partial charge in [0.2, 0.25) is 5.78 Å². The summed E-state index contributed by atoms with van der Waals surface area (Å²) in [5.74, 6) is 0.221. The highest BCUT2D eigenvalue weighted by Crippen LogP contribution is 2.55. The molecule has 35 heavy (non-hydrogen) atoms. The first-order valence-corrected chi connectivity index (χ1v) is 11.9. The molecule has 0 bridgehead atoms. The van der Waals surface area contributed by atoms with Crippen LogP contribution in [0.2, 0.25) is 0 Å². The highest BCUT2D eigenvalue weighted by atomic mass is 16.5. The number of benzene rings is 3. The summed E-state index contributed by atoms with van der Waals surface area (Å²) in [6.07, 6.45) is 4.24. The molecule has 0 amide bonds. The predicted octanol–water partition coefficient (Wildman–Crippen LogP) is 5.99. The quantitative estimate of drug-likeness (QED) is 0.502. The zero-order valence-electron chi connectivity index (χ0n) is 20.1. The van der Waals surface area contributed by atoms with Crippen molar-refractivity contribution in [2.45, 2.75) is 51.2 Å². The van der Waals surface area contributed by atoms with Crippen molar-refractivity contribution >= 4 is 28.4 Å². The number of aliphatic hydroxyl groups is 1. The Bertz CT molecular complexity index is 1510. The average molecular weight is 467 g/mol. The zero-order chi connectivity index (χ0) is 24.7. The molecule has 2 heterocycles. The van der Waals surface area contributed by atoms with Gasteiger partial charge in [-0.1, -0.05) is 54.6 Å². The molecular formula is C30H26O5. The zero-order valence-corrected chi connectivity index (χ0v) is 20.1. The molecule has 1 atom stereocenters. The molecule has 0 fully saturated rings. The fourth-order valence-electron chi connectivity index (χ4n) is 5.47. The third kappa shape index (κ3) is 3.26. The van der Waals surface area contributed by atoms with E-state index < -0.39 is 17.1 Å². The van der Waals surface area contributed by atoms with Gasteiger partial charge in [0.1, 0.15) is 17.1 Å². The van der Waals surface area contributed by atoms with E-state index in [0.29, 0.717) is 22.4 Å². The van der Waals surface area contributed by atoms with Gasteiger partial charge in [0.15, 0.2) is 11.5 Å². The Kier molecular flexibility index (Phi) is 4.46. The summed E-state index contributed by atoms with van der Waals surface area (Å²) in [4.78, 5) is 27.4. The van der Waals surface area contributed by atoms with E-state index in [-0.39, 0.29) is 23.7 Å². The van der Waals surface area contributed by atoms with Crippen LogP contribution in [0.5, 0.6) is 11.5 Å². The number of Topliss-reactive ketones (excluding diaryl/α,β-unsaturated/α-hetero) is 2. The number of rotatable bonds is 2. The number of hydrogen-bond donors (Lipinski definition) is 1. The Hall–Kier alpha value is -3.70.